The van der Waals surface area contributed by atoms with Crippen molar-refractivity contribution in [3.63, 3.8) is 0 Å². The van der Waals surface area contributed by atoms with Gasteiger partial charge in [-0.1, -0.05) is 66.7 Å². The maximum absolute atomic E-state index is 10.9. The first kappa shape index (κ1) is 17.0. The zero-order chi connectivity index (χ0) is 18.5. The van der Waals surface area contributed by atoms with Crippen molar-refractivity contribution in [1.29, 1.82) is 0 Å². The van der Waals surface area contributed by atoms with Gasteiger partial charge < -0.3 is 0 Å². The van der Waals surface area contributed by atoms with Crippen LogP contribution >= 0.6 is 0 Å². The molecule has 1 aliphatic rings. The Morgan fingerprint density at radius 2 is 1.44 bits per heavy atom. The maximum atomic E-state index is 10.9. The largest absolute Gasteiger partial charge is 0.298 e. The van der Waals surface area contributed by atoms with Gasteiger partial charge >= 0.3 is 0 Å². The van der Waals surface area contributed by atoms with E-state index in [1.165, 1.54) is 5.56 Å². The number of hydrazone groups is 1. The molecule has 0 aromatic heterocycles. The summed E-state index contributed by atoms with van der Waals surface area (Å²) in [5, 5.41) is 6.87. The standard InChI is InChI=1S/C24H20N2O/c27-18-20-11-14-22(15-12-20)26-17-23(21-9-5-2-6-10-21)24(25-26)16-13-19-7-3-1-4-8-19/h1-16,18,23H,17H2/b16-13+/t23-/m1/s1. The number of rotatable bonds is 5. The van der Waals surface area contributed by atoms with Crippen LogP contribution in [0.4, 0.5) is 5.69 Å². The van der Waals surface area contributed by atoms with Crippen LogP contribution in [0.15, 0.2) is 96.1 Å². The highest BCUT2D eigenvalue weighted by Crippen LogP contribution is 2.30. The van der Waals surface area contributed by atoms with E-state index in [1.54, 1.807) is 0 Å². The minimum absolute atomic E-state index is 0.205. The second-order valence-electron chi connectivity index (χ2n) is 6.52. The maximum Gasteiger partial charge on any atom is 0.150 e. The Morgan fingerprint density at radius 1 is 0.778 bits per heavy atom. The summed E-state index contributed by atoms with van der Waals surface area (Å²) in [6.07, 6.45) is 5.07. The van der Waals surface area contributed by atoms with Crippen LogP contribution in [0.3, 0.4) is 0 Å². The molecule has 0 spiro atoms. The van der Waals surface area contributed by atoms with Gasteiger partial charge in [0.05, 0.1) is 17.9 Å². The Bertz CT molecular complexity index is 960. The van der Waals surface area contributed by atoms with Crippen molar-refractivity contribution in [3.05, 3.63) is 108 Å². The van der Waals surface area contributed by atoms with Crippen molar-refractivity contribution in [2.75, 3.05) is 11.6 Å². The number of hydrogen-bond acceptors (Lipinski definition) is 3. The number of hydrogen-bond donors (Lipinski definition) is 0. The Morgan fingerprint density at radius 3 is 2.11 bits per heavy atom. The van der Waals surface area contributed by atoms with E-state index in [1.807, 2.05) is 53.5 Å². The molecule has 3 aromatic carbocycles. The van der Waals surface area contributed by atoms with Crippen LogP contribution in [0, 0.1) is 0 Å². The summed E-state index contributed by atoms with van der Waals surface area (Å²) in [4.78, 5) is 10.9. The number of benzene rings is 3. The van der Waals surface area contributed by atoms with Gasteiger partial charge in [0.25, 0.3) is 0 Å². The van der Waals surface area contributed by atoms with Gasteiger partial charge in [0.15, 0.2) is 0 Å². The first-order valence-electron chi connectivity index (χ1n) is 9.03. The lowest BCUT2D eigenvalue weighted by molar-refractivity contribution is 0.112. The molecular formula is C24H20N2O. The zero-order valence-corrected chi connectivity index (χ0v) is 14.9. The molecule has 0 fully saturated rings. The molecule has 0 amide bonds. The minimum Gasteiger partial charge on any atom is -0.298 e. The van der Waals surface area contributed by atoms with E-state index in [4.69, 9.17) is 5.10 Å². The number of carbonyl (C=O) groups is 1. The van der Waals surface area contributed by atoms with Crippen LogP contribution < -0.4 is 5.01 Å². The highest BCUT2D eigenvalue weighted by atomic mass is 16.1. The topological polar surface area (TPSA) is 32.7 Å². The summed E-state index contributed by atoms with van der Waals surface area (Å²) in [7, 11) is 0. The molecule has 3 heteroatoms. The summed E-state index contributed by atoms with van der Waals surface area (Å²) in [5.74, 6) is 0.205. The molecule has 0 N–H and O–H groups in total. The normalized spacial score (nSPS) is 16.5. The first-order valence-corrected chi connectivity index (χ1v) is 9.03. The van der Waals surface area contributed by atoms with Crippen molar-refractivity contribution in [2.24, 2.45) is 5.10 Å². The van der Waals surface area contributed by atoms with Crippen LogP contribution in [0.25, 0.3) is 6.08 Å². The summed E-state index contributed by atoms with van der Waals surface area (Å²) < 4.78 is 0. The SMILES string of the molecule is O=Cc1ccc(N2C[C@H](c3ccccc3)C(/C=C/c3ccccc3)=N2)cc1. The lowest BCUT2D eigenvalue weighted by Crippen LogP contribution is -2.17. The second-order valence-corrected chi connectivity index (χ2v) is 6.52. The van der Waals surface area contributed by atoms with Gasteiger partial charge in [-0.25, -0.2) is 0 Å². The fraction of sp³-hybridized carbons (Fsp3) is 0.0833. The summed E-state index contributed by atoms with van der Waals surface area (Å²) >= 11 is 0. The molecule has 0 saturated carbocycles. The molecule has 0 bridgehead atoms. The number of carbonyl (C=O) groups excluding carboxylic acids is 1. The Kier molecular flexibility index (Phi) is 4.93. The molecule has 1 atom stereocenters. The van der Waals surface area contributed by atoms with E-state index in [-0.39, 0.29) is 5.92 Å². The third-order valence-electron chi connectivity index (χ3n) is 4.72. The van der Waals surface area contributed by atoms with E-state index >= 15 is 0 Å². The fourth-order valence-corrected chi connectivity index (χ4v) is 3.26. The van der Waals surface area contributed by atoms with Gasteiger partial charge in [-0.05, 0) is 41.5 Å². The van der Waals surface area contributed by atoms with Crippen molar-refractivity contribution in [3.8, 4) is 0 Å². The van der Waals surface area contributed by atoms with Crippen molar-refractivity contribution in [2.45, 2.75) is 5.92 Å². The Balaban J connectivity index is 1.65. The summed E-state index contributed by atoms with van der Waals surface area (Å²) in [6.45, 7) is 0.777. The number of nitrogens with zero attached hydrogens (tertiary/aromatic N) is 2. The molecular weight excluding hydrogens is 332 g/mol. The van der Waals surface area contributed by atoms with E-state index in [0.29, 0.717) is 5.56 Å². The van der Waals surface area contributed by atoms with Crippen LogP contribution in [-0.2, 0) is 0 Å². The smallest absolute Gasteiger partial charge is 0.150 e. The van der Waals surface area contributed by atoms with Crippen LogP contribution in [-0.4, -0.2) is 18.5 Å². The average Bonchev–Trinajstić information content (AvgIpc) is 3.18. The predicted octanol–water partition coefficient (Wildman–Crippen LogP) is 5.17. The molecule has 0 unspecified atom stereocenters. The Labute approximate surface area is 159 Å². The van der Waals surface area contributed by atoms with Crippen LogP contribution in [0.5, 0.6) is 0 Å². The molecule has 0 aliphatic carbocycles. The highest BCUT2D eigenvalue weighted by molar-refractivity contribution is 6.05. The fourth-order valence-electron chi connectivity index (χ4n) is 3.26. The Hall–Kier alpha value is -3.46. The lowest BCUT2D eigenvalue weighted by Gasteiger charge is -2.16. The molecule has 1 heterocycles. The molecule has 3 nitrogen and oxygen atoms in total. The third-order valence-corrected chi connectivity index (χ3v) is 4.72. The predicted molar refractivity (Wildman–Crippen MR) is 111 cm³/mol. The van der Waals surface area contributed by atoms with E-state index in [9.17, 15) is 4.79 Å². The van der Waals surface area contributed by atoms with Gasteiger partial charge in [-0.3, -0.25) is 9.80 Å². The van der Waals surface area contributed by atoms with Crippen molar-refractivity contribution >= 4 is 23.8 Å². The monoisotopic (exact) mass is 352 g/mol. The second kappa shape index (κ2) is 7.83. The zero-order valence-electron chi connectivity index (χ0n) is 14.9. The third kappa shape index (κ3) is 3.87. The number of allylic oxidation sites excluding steroid dienone is 1. The van der Waals surface area contributed by atoms with Gasteiger partial charge in [-0.2, -0.15) is 5.10 Å². The number of aldehydes is 1. The van der Waals surface area contributed by atoms with E-state index in [0.717, 1.165) is 29.8 Å². The lowest BCUT2D eigenvalue weighted by atomic mass is 9.94. The quantitative estimate of drug-likeness (QED) is 0.593. The van der Waals surface area contributed by atoms with Crippen LogP contribution in [0.1, 0.15) is 27.4 Å². The number of anilines is 1. The molecule has 1 aliphatic heterocycles. The van der Waals surface area contributed by atoms with Gasteiger partial charge in [0, 0.05) is 11.5 Å². The molecule has 4 rings (SSSR count). The molecule has 132 valence electrons. The van der Waals surface area contributed by atoms with E-state index < -0.39 is 0 Å². The first-order chi connectivity index (χ1) is 13.3. The van der Waals surface area contributed by atoms with E-state index in [2.05, 4.69) is 48.6 Å². The molecule has 27 heavy (non-hydrogen) atoms. The molecule has 0 saturated heterocycles. The summed E-state index contributed by atoms with van der Waals surface area (Å²) in [5.41, 5.74) is 5.10. The molecule has 0 radical (unpaired) electrons. The average molecular weight is 352 g/mol. The van der Waals surface area contributed by atoms with Crippen molar-refractivity contribution < 1.29 is 4.79 Å². The summed E-state index contributed by atoms with van der Waals surface area (Å²) in [6, 6.07) is 28.2. The van der Waals surface area contributed by atoms with Gasteiger partial charge in [0.2, 0.25) is 0 Å². The molecule has 3 aromatic rings. The van der Waals surface area contributed by atoms with Crippen molar-refractivity contribution in [1.82, 2.24) is 0 Å². The minimum atomic E-state index is 0.205. The van der Waals surface area contributed by atoms with Crippen LogP contribution in [0.2, 0.25) is 0 Å². The van der Waals surface area contributed by atoms with Gasteiger partial charge in [0.1, 0.15) is 6.29 Å². The van der Waals surface area contributed by atoms with Gasteiger partial charge in [-0.15, -0.1) is 0 Å². The highest BCUT2D eigenvalue weighted by Gasteiger charge is 2.27.